The van der Waals surface area contributed by atoms with E-state index in [0.29, 0.717) is 17.9 Å². The molecule has 5 heteroatoms. The van der Waals surface area contributed by atoms with Gasteiger partial charge in [-0.3, -0.25) is 4.79 Å². The zero-order chi connectivity index (χ0) is 21.9. The highest BCUT2D eigenvalue weighted by Gasteiger charge is 2.38. The molecular weight excluding hydrogens is 377 g/mol. The zero-order valence-electron chi connectivity index (χ0n) is 18.7. The second kappa shape index (κ2) is 9.15. The Kier molecular flexibility index (Phi) is 6.79. The Balaban J connectivity index is 1.98. The zero-order valence-corrected chi connectivity index (χ0v) is 18.7. The smallest absolute Gasteiger partial charge is 0.254 e. The van der Waals surface area contributed by atoms with Gasteiger partial charge < -0.3 is 10.2 Å². The van der Waals surface area contributed by atoms with Crippen LogP contribution < -0.4 is 5.32 Å². The summed E-state index contributed by atoms with van der Waals surface area (Å²) in [7, 11) is 0. The van der Waals surface area contributed by atoms with E-state index in [1.807, 2.05) is 31.7 Å². The van der Waals surface area contributed by atoms with Crippen LogP contribution in [-0.2, 0) is 4.79 Å². The predicted molar refractivity (Wildman–Crippen MR) is 121 cm³/mol. The molecule has 1 atom stereocenters. The molecule has 1 heterocycles. The standard InChI is InChI=1S/C25H34FN3O/c1-17(2)22(18(3)23(27-5)28-25(4)13-14-25)24(30)29-15-8-6-7-12-21(29)19-10-9-11-20(26)16-19/h9-11,16,21,28H,5-8,12-15H2,1-4H3/b23-18-. The van der Waals surface area contributed by atoms with E-state index in [1.54, 1.807) is 12.1 Å². The van der Waals surface area contributed by atoms with Crippen LogP contribution in [0.5, 0.6) is 0 Å². The summed E-state index contributed by atoms with van der Waals surface area (Å²) in [6.45, 7) is 12.4. The van der Waals surface area contributed by atoms with Crippen LogP contribution in [0.25, 0.3) is 0 Å². The fourth-order valence-electron chi connectivity index (χ4n) is 4.27. The molecule has 1 aliphatic heterocycles. The van der Waals surface area contributed by atoms with Crippen molar-refractivity contribution < 1.29 is 9.18 Å². The van der Waals surface area contributed by atoms with Gasteiger partial charge in [-0.2, -0.15) is 0 Å². The number of halogens is 1. The van der Waals surface area contributed by atoms with Crippen molar-refractivity contribution in [3.05, 3.63) is 58.2 Å². The highest BCUT2D eigenvalue weighted by atomic mass is 19.1. The molecule has 1 N–H and O–H groups in total. The minimum atomic E-state index is -0.261. The van der Waals surface area contributed by atoms with Crippen molar-refractivity contribution >= 4 is 12.6 Å². The largest absolute Gasteiger partial charge is 0.365 e. The van der Waals surface area contributed by atoms with Crippen LogP contribution >= 0.6 is 0 Å². The third-order valence-corrected chi connectivity index (χ3v) is 6.27. The molecule has 1 saturated carbocycles. The molecule has 1 saturated heterocycles. The first-order chi connectivity index (χ1) is 14.3. The molecule has 162 valence electrons. The number of carbonyl (C=O) groups is 1. The Labute approximate surface area is 180 Å². The summed E-state index contributed by atoms with van der Waals surface area (Å²) < 4.78 is 13.9. The van der Waals surface area contributed by atoms with Gasteiger partial charge in [0.2, 0.25) is 0 Å². The summed E-state index contributed by atoms with van der Waals surface area (Å²) in [5.41, 5.74) is 3.36. The first-order valence-corrected chi connectivity index (χ1v) is 11.0. The Morgan fingerprint density at radius 2 is 1.97 bits per heavy atom. The van der Waals surface area contributed by atoms with E-state index in [2.05, 4.69) is 24.0 Å². The SMILES string of the molecule is C=N/C(NC1(C)CC1)=C(\C)C(C(=O)N1CCCCCC1c1cccc(F)c1)=C(C)C. The molecule has 0 aromatic heterocycles. The second-order valence-corrected chi connectivity index (χ2v) is 9.11. The van der Waals surface area contributed by atoms with E-state index >= 15 is 0 Å². The normalized spacial score (nSPS) is 21.2. The van der Waals surface area contributed by atoms with Gasteiger partial charge in [0.25, 0.3) is 5.91 Å². The molecule has 4 nitrogen and oxygen atoms in total. The number of rotatable bonds is 6. The Bertz CT molecular complexity index is 878. The van der Waals surface area contributed by atoms with E-state index in [1.165, 1.54) is 6.07 Å². The number of hydrogen-bond donors (Lipinski definition) is 1. The highest BCUT2D eigenvalue weighted by molar-refractivity contribution is 5.98. The molecular formula is C25H34FN3O. The van der Waals surface area contributed by atoms with Crippen molar-refractivity contribution in [1.82, 2.24) is 10.2 Å². The molecule has 0 radical (unpaired) electrons. The molecule has 1 aromatic carbocycles. The predicted octanol–water partition coefficient (Wildman–Crippen LogP) is 5.68. The van der Waals surface area contributed by atoms with Gasteiger partial charge in [-0.05, 0) is 77.8 Å². The second-order valence-electron chi connectivity index (χ2n) is 9.11. The lowest BCUT2D eigenvalue weighted by Crippen LogP contribution is -2.37. The van der Waals surface area contributed by atoms with Crippen molar-refractivity contribution in [2.45, 2.75) is 77.8 Å². The monoisotopic (exact) mass is 411 g/mol. The fraction of sp³-hybridized carbons (Fsp3) is 0.520. The molecule has 30 heavy (non-hydrogen) atoms. The molecule has 1 aromatic rings. The van der Waals surface area contributed by atoms with Gasteiger partial charge in [0, 0.05) is 23.2 Å². The molecule has 0 bridgehead atoms. The lowest BCUT2D eigenvalue weighted by molar-refractivity contribution is -0.129. The fourth-order valence-corrected chi connectivity index (χ4v) is 4.27. The van der Waals surface area contributed by atoms with Crippen LogP contribution in [0, 0.1) is 5.82 Å². The van der Waals surface area contributed by atoms with Crippen molar-refractivity contribution in [1.29, 1.82) is 0 Å². The number of allylic oxidation sites excluding steroid dienone is 1. The Hall–Kier alpha value is -2.43. The van der Waals surface area contributed by atoms with Crippen LogP contribution in [0.15, 0.2) is 51.8 Å². The van der Waals surface area contributed by atoms with E-state index < -0.39 is 0 Å². The van der Waals surface area contributed by atoms with Gasteiger partial charge in [0.15, 0.2) is 0 Å². The van der Waals surface area contributed by atoms with Gasteiger partial charge in [-0.25, -0.2) is 9.38 Å². The van der Waals surface area contributed by atoms with E-state index in [0.717, 1.165) is 55.2 Å². The Morgan fingerprint density at radius 3 is 2.57 bits per heavy atom. The highest BCUT2D eigenvalue weighted by Crippen LogP contribution is 2.37. The van der Waals surface area contributed by atoms with Gasteiger partial charge in [0.1, 0.15) is 11.6 Å². The molecule has 1 unspecified atom stereocenters. The topological polar surface area (TPSA) is 44.7 Å². The minimum Gasteiger partial charge on any atom is -0.365 e. The van der Waals surface area contributed by atoms with Crippen LogP contribution in [0.4, 0.5) is 4.39 Å². The summed E-state index contributed by atoms with van der Waals surface area (Å²) in [4.78, 5) is 20.0. The van der Waals surface area contributed by atoms with Gasteiger partial charge in [0.05, 0.1) is 6.04 Å². The molecule has 3 rings (SSSR count). The average molecular weight is 412 g/mol. The summed E-state index contributed by atoms with van der Waals surface area (Å²) in [6.07, 6.45) is 6.09. The van der Waals surface area contributed by atoms with Crippen LogP contribution in [0.3, 0.4) is 0 Å². The number of benzene rings is 1. The van der Waals surface area contributed by atoms with Crippen molar-refractivity contribution in [3.63, 3.8) is 0 Å². The van der Waals surface area contributed by atoms with Gasteiger partial charge in [-0.15, -0.1) is 0 Å². The Morgan fingerprint density at radius 1 is 1.23 bits per heavy atom. The number of amides is 1. The average Bonchev–Trinajstić information content (AvgIpc) is 3.47. The summed E-state index contributed by atoms with van der Waals surface area (Å²) in [5.74, 6) is 0.409. The number of aliphatic imine (C=N–C) groups is 1. The van der Waals surface area contributed by atoms with E-state index in [-0.39, 0.29) is 23.3 Å². The summed E-state index contributed by atoms with van der Waals surface area (Å²) in [5, 5.41) is 3.47. The lowest BCUT2D eigenvalue weighted by Gasteiger charge is -2.32. The van der Waals surface area contributed by atoms with Crippen LogP contribution in [0.1, 0.15) is 77.8 Å². The maximum Gasteiger partial charge on any atom is 0.254 e. The number of carbonyl (C=O) groups excluding carboxylic acids is 1. The molecule has 0 spiro atoms. The number of hydrogen-bond acceptors (Lipinski definition) is 3. The molecule has 2 aliphatic rings. The number of likely N-dealkylation sites (tertiary alicyclic amines) is 1. The number of nitrogens with one attached hydrogen (secondary N) is 1. The lowest BCUT2D eigenvalue weighted by atomic mass is 9.96. The van der Waals surface area contributed by atoms with E-state index in [9.17, 15) is 9.18 Å². The summed E-state index contributed by atoms with van der Waals surface area (Å²) in [6, 6.07) is 6.55. The van der Waals surface area contributed by atoms with Gasteiger partial charge >= 0.3 is 0 Å². The summed E-state index contributed by atoms with van der Waals surface area (Å²) >= 11 is 0. The van der Waals surface area contributed by atoms with Crippen molar-refractivity contribution in [2.75, 3.05) is 6.54 Å². The van der Waals surface area contributed by atoms with Crippen LogP contribution in [-0.4, -0.2) is 29.6 Å². The minimum absolute atomic E-state index is 0.00689. The third-order valence-electron chi connectivity index (χ3n) is 6.27. The quantitative estimate of drug-likeness (QED) is 0.372. The molecule has 1 aliphatic carbocycles. The van der Waals surface area contributed by atoms with Gasteiger partial charge in [-0.1, -0.05) is 30.5 Å². The molecule has 1 amide bonds. The first-order valence-electron chi connectivity index (χ1n) is 11.0. The maximum atomic E-state index is 13.9. The maximum absolute atomic E-state index is 13.9. The third kappa shape index (κ3) is 5.00. The van der Waals surface area contributed by atoms with Crippen molar-refractivity contribution in [2.24, 2.45) is 4.99 Å². The number of nitrogens with zero attached hydrogens (tertiary/aromatic N) is 2. The first kappa shape index (κ1) is 22.3. The van der Waals surface area contributed by atoms with Crippen molar-refractivity contribution in [3.8, 4) is 0 Å². The van der Waals surface area contributed by atoms with E-state index in [4.69, 9.17) is 0 Å². The molecule has 2 fully saturated rings. The van der Waals surface area contributed by atoms with Crippen LogP contribution in [0.2, 0.25) is 0 Å².